The van der Waals surface area contributed by atoms with Gasteiger partial charge in [-0.3, -0.25) is 0 Å². The molecular formula is C5H11O-. The van der Waals surface area contributed by atoms with Crippen LogP contribution in [0.5, 0.6) is 0 Å². The van der Waals surface area contributed by atoms with Gasteiger partial charge in [0.15, 0.2) is 0 Å². The van der Waals surface area contributed by atoms with Crippen molar-refractivity contribution in [2.75, 3.05) is 6.61 Å². The van der Waals surface area contributed by atoms with Crippen molar-refractivity contribution >= 4 is 0 Å². The first-order valence-corrected chi connectivity index (χ1v) is 2.14. The quantitative estimate of drug-likeness (QED) is 0.419. The molecule has 1 nitrogen and oxygen atoms in total. The van der Waals surface area contributed by atoms with Crippen LogP contribution in [0.2, 0.25) is 0 Å². The van der Waals surface area contributed by atoms with Crippen molar-refractivity contribution in [2.24, 2.45) is 5.41 Å². The molecule has 0 heterocycles. The molecule has 0 aliphatic carbocycles. The van der Waals surface area contributed by atoms with Gasteiger partial charge in [-0.15, -0.1) is 6.61 Å². The van der Waals surface area contributed by atoms with E-state index >= 15 is 0 Å². The van der Waals surface area contributed by atoms with E-state index in [1.807, 2.05) is 20.8 Å². The molecule has 0 spiro atoms. The van der Waals surface area contributed by atoms with E-state index in [9.17, 15) is 5.11 Å². The molecule has 0 radical (unpaired) electrons. The van der Waals surface area contributed by atoms with E-state index in [-0.39, 0.29) is 12.0 Å². The Bertz CT molecular complexity index is 33.7. The summed E-state index contributed by atoms with van der Waals surface area (Å²) in [7, 11) is 0. The molecule has 0 atom stereocenters. The van der Waals surface area contributed by atoms with Gasteiger partial charge in [-0.1, -0.05) is 26.2 Å². The van der Waals surface area contributed by atoms with Gasteiger partial charge in [-0.2, -0.15) is 0 Å². The number of hydrogen-bond donors (Lipinski definition) is 0. The van der Waals surface area contributed by atoms with Gasteiger partial charge in [-0.25, -0.2) is 0 Å². The lowest BCUT2D eigenvalue weighted by Crippen LogP contribution is -2.22. The number of rotatable bonds is 0. The lowest BCUT2D eigenvalue weighted by molar-refractivity contribution is -0.387. The van der Waals surface area contributed by atoms with Gasteiger partial charge >= 0.3 is 0 Å². The maximum atomic E-state index is 9.95. The standard InChI is InChI=1S/C5H11O/c1-5(2,3)4-6/h4H2,1-3H3/q-1. The van der Waals surface area contributed by atoms with Gasteiger partial charge in [0.25, 0.3) is 0 Å². The Morgan fingerprint density at radius 1 is 1.33 bits per heavy atom. The Kier molecular flexibility index (Phi) is 1.59. The average Bonchev–Trinajstić information content (AvgIpc) is 1.35. The Balaban J connectivity index is 3.17. The van der Waals surface area contributed by atoms with Crippen LogP contribution in [0.4, 0.5) is 0 Å². The highest BCUT2D eigenvalue weighted by molar-refractivity contribution is 4.54. The molecule has 0 fully saturated rings. The van der Waals surface area contributed by atoms with Crippen molar-refractivity contribution in [2.45, 2.75) is 20.8 Å². The highest BCUT2D eigenvalue weighted by Crippen LogP contribution is 2.07. The monoisotopic (exact) mass is 87.1 g/mol. The smallest absolute Gasteiger partial charge is 0.0536 e. The molecule has 0 N–H and O–H groups in total. The van der Waals surface area contributed by atoms with Gasteiger partial charge in [-0.05, 0) is 0 Å². The SMILES string of the molecule is CC(C)(C)C[O-]. The first kappa shape index (κ1) is 5.96. The molecule has 38 valence electrons. The first-order chi connectivity index (χ1) is 2.56. The predicted molar refractivity (Wildman–Crippen MR) is 24.3 cm³/mol. The maximum Gasteiger partial charge on any atom is -0.0536 e. The molecule has 0 saturated carbocycles. The fraction of sp³-hybridized carbons (Fsp3) is 1.00. The summed E-state index contributed by atoms with van der Waals surface area (Å²) in [4.78, 5) is 0. The van der Waals surface area contributed by atoms with Crippen LogP contribution in [0, 0.1) is 5.41 Å². The van der Waals surface area contributed by atoms with Crippen LogP contribution in [-0.4, -0.2) is 6.61 Å². The van der Waals surface area contributed by atoms with Crippen LogP contribution >= 0.6 is 0 Å². The summed E-state index contributed by atoms with van der Waals surface area (Å²) in [5, 5.41) is 9.95. The molecule has 0 saturated heterocycles. The van der Waals surface area contributed by atoms with Crippen molar-refractivity contribution in [3.8, 4) is 0 Å². The Morgan fingerprint density at radius 3 is 1.50 bits per heavy atom. The topological polar surface area (TPSA) is 23.1 Å². The van der Waals surface area contributed by atoms with Crippen LogP contribution in [0.25, 0.3) is 0 Å². The Morgan fingerprint density at radius 2 is 1.50 bits per heavy atom. The van der Waals surface area contributed by atoms with E-state index < -0.39 is 0 Å². The minimum atomic E-state index is -0.0139. The van der Waals surface area contributed by atoms with Crippen LogP contribution in [0.1, 0.15) is 20.8 Å². The fourth-order valence-electron chi connectivity index (χ4n) is 0. The zero-order chi connectivity index (χ0) is 5.21. The highest BCUT2D eigenvalue weighted by Gasteiger charge is 1.98. The normalized spacial score (nSPS) is 12.0. The number of hydrogen-bond acceptors (Lipinski definition) is 1. The third kappa shape index (κ3) is 3.96. The summed E-state index contributed by atoms with van der Waals surface area (Å²) in [6.07, 6.45) is 0. The average molecular weight is 87.1 g/mol. The molecule has 0 amide bonds. The molecule has 0 bridgehead atoms. The van der Waals surface area contributed by atoms with E-state index in [0.717, 1.165) is 0 Å². The summed E-state index contributed by atoms with van der Waals surface area (Å²) in [5.41, 5.74) is -0.0139. The molecule has 0 aromatic rings. The van der Waals surface area contributed by atoms with E-state index in [0.29, 0.717) is 0 Å². The van der Waals surface area contributed by atoms with Crippen LogP contribution < -0.4 is 5.11 Å². The summed E-state index contributed by atoms with van der Waals surface area (Å²) in [6, 6.07) is 0. The Hall–Kier alpha value is -0.0400. The highest BCUT2D eigenvalue weighted by atomic mass is 16.3. The fourth-order valence-corrected chi connectivity index (χ4v) is 0. The molecule has 6 heavy (non-hydrogen) atoms. The van der Waals surface area contributed by atoms with E-state index in [1.54, 1.807) is 0 Å². The molecule has 0 aromatic heterocycles. The predicted octanol–water partition coefficient (Wildman–Crippen LogP) is 0.393. The Labute approximate surface area is 39.0 Å². The second-order valence-corrected chi connectivity index (χ2v) is 2.70. The summed E-state index contributed by atoms with van der Waals surface area (Å²) < 4.78 is 0. The maximum absolute atomic E-state index is 9.95. The molecular weight excluding hydrogens is 76.1 g/mol. The van der Waals surface area contributed by atoms with Gasteiger partial charge in [0.05, 0.1) is 0 Å². The molecule has 0 rings (SSSR count). The van der Waals surface area contributed by atoms with Crippen molar-refractivity contribution in [3.63, 3.8) is 0 Å². The molecule has 0 aliphatic rings. The van der Waals surface area contributed by atoms with Gasteiger partial charge in [0.1, 0.15) is 0 Å². The second-order valence-electron chi connectivity index (χ2n) is 2.70. The second kappa shape index (κ2) is 1.61. The first-order valence-electron chi connectivity index (χ1n) is 2.14. The lowest BCUT2D eigenvalue weighted by atomic mass is 9.99. The zero-order valence-corrected chi connectivity index (χ0v) is 4.62. The molecule has 0 aliphatic heterocycles. The van der Waals surface area contributed by atoms with E-state index in [1.165, 1.54) is 0 Å². The van der Waals surface area contributed by atoms with Crippen LogP contribution in [-0.2, 0) is 0 Å². The van der Waals surface area contributed by atoms with Crippen LogP contribution in [0.3, 0.4) is 0 Å². The summed E-state index contributed by atoms with van der Waals surface area (Å²) in [6.45, 7) is 5.81. The minimum absolute atomic E-state index is 0.0139. The van der Waals surface area contributed by atoms with Gasteiger partial charge < -0.3 is 5.11 Å². The third-order valence-electron chi connectivity index (χ3n) is 0.433. The van der Waals surface area contributed by atoms with Gasteiger partial charge in [0.2, 0.25) is 0 Å². The van der Waals surface area contributed by atoms with Crippen molar-refractivity contribution < 1.29 is 5.11 Å². The van der Waals surface area contributed by atoms with Crippen molar-refractivity contribution in [3.05, 3.63) is 0 Å². The summed E-state index contributed by atoms with van der Waals surface area (Å²) in [5.74, 6) is 0. The van der Waals surface area contributed by atoms with Gasteiger partial charge in [0, 0.05) is 0 Å². The minimum Gasteiger partial charge on any atom is -0.854 e. The lowest BCUT2D eigenvalue weighted by Gasteiger charge is -2.20. The third-order valence-corrected chi connectivity index (χ3v) is 0.433. The van der Waals surface area contributed by atoms with Crippen molar-refractivity contribution in [1.29, 1.82) is 0 Å². The van der Waals surface area contributed by atoms with E-state index in [2.05, 4.69) is 0 Å². The van der Waals surface area contributed by atoms with E-state index in [4.69, 9.17) is 0 Å². The zero-order valence-electron chi connectivity index (χ0n) is 4.62. The molecule has 0 aromatic carbocycles. The van der Waals surface area contributed by atoms with Crippen LogP contribution in [0.15, 0.2) is 0 Å². The summed E-state index contributed by atoms with van der Waals surface area (Å²) >= 11 is 0. The molecule has 1 heteroatoms. The largest absolute Gasteiger partial charge is 0.854 e. The molecule has 0 unspecified atom stereocenters. The van der Waals surface area contributed by atoms with Crippen molar-refractivity contribution in [1.82, 2.24) is 0 Å².